The van der Waals surface area contributed by atoms with Crippen LogP contribution in [-0.2, 0) is 26.3 Å². The van der Waals surface area contributed by atoms with Gasteiger partial charge >= 0.3 is 6.18 Å². The maximum Gasteiger partial charge on any atom is 0.416 e. The molecule has 1 N–H and O–H groups in total. The number of aliphatic imine (C=N–C) groups is 1. The third-order valence-electron chi connectivity index (χ3n) is 5.22. The molecular formula is C20H28F3N7. The van der Waals surface area contributed by atoms with E-state index in [1.165, 1.54) is 12.1 Å². The van der Waals surface area contributed by atoms with Crippen molar-refractivity contribution in [1.29, 1.82) is 0 Å². The average molecular weight is 423 g/mol. The van der Waals surface area contributed by atoms with Crippen LogP contribution in [0.15, 0.2) is 29.3 Å². The van der Waals surface area contributed by atoms with Gasteiger partial charge in [-0.2, -0.15) is 13.2 Å². The lowest BCUT2D eigenvalue weighted by atomic mass is 10.1. The molecule has 1 aliphatic rings. The zero-order valence-electron chi connectivity index (χ0n) is 17.6. The molecular weight excluding hydrogens is 395 g/mol. The van der Waals surface area contributed by atoms with E-state index in [0.29, 0.717) is 18.7 Å². The van der Waals surface area contributed by atoms with Crippen molar-refractivity contribution in [3.8, 4) is 0 Å². The van der Waals surface area contributed by atoms with Crippen molar-refractivity contribution in [2.45, 2.75) is 33.1 Å². The van der Waals surface area contributed by atoms with Gasteiger partial charge in [-0.1, -0.05) is 18.2 Å². The molecule has 0 amide bonds. The maximum atomic E-state index is 12.9. The monoisotopic (exact) mass is 423 g/mol. The molecule has 164 valence electrons. The zero-order chi connectivity index (χ0) is 21.7. The first kappa shape index (κ1) is 22.1. The van der Waals surface area contributed by atoms with Gasteiger partial charge in [0.2, 0.25) is 0 Å². The molecule has 1 fully saturated rings. The Morgan fingerprint density at radius 3 is 2.50 bits per heavy atom. The highest BCUT2D eigenvalue weighted by molar-refractivity contribution is 5.80. The van der Waals surface area contributed by atoms with Crippen molar-refractivity contribution >= 4 is 5.96 Å². The molecule has 0 bridgehead atoms. The van der Waals surface area contributed by atoms with E-state index in [9.17, 15) is 13.2 Å². The summed E-state index contributed by atoms with van der Waals surface area (Å²) in [4.78, 5) is 9.04. The topological polar surface area (TPSA) is 61.6 Å². The standard InChI is InChI=1S/C20H28F3N7/c1-4-24-19(25-13-18-27-26-15(2)28(18)3)30-10-8-29(9-11-30)14-16-6-5-7-17(12-16)20(21,22)23/h5-7,12H,4,8-11,13-14H2,1-3H3,(H,24,25). The Morgan fingerprint density at radius 2 is 1.90 bits per heavy atom. The number of alkyl halides is 3. The first-order valence-corrected chi connectivity index (χ1v) is 10.0. The Bertz CT molecular complexity index is 868. The quantitative estimate of drug-likeness (QED) is 0.591. The van der Waals surface area contributed by atoms with E-state index >= 15 is 0 Å². The molecule has 0 unspecified atom stereocenters. The van der Waals surface area contributed by atoms with Crippen LogP contribution in [0.2, 0.25) is 0 Å². The van der Waals surface area contributed by atoms with Gasteiger partial charge in [-0.3, -0.25) is 4.90 Å². The van der Waals surface area contributed by atoms with Crippen LogP contribution >= 0.6 is 0 Å². The number of nitrogens with zero attached hydrogens (tertiary/aromatic N) is 6. The fourth-order valence-electron chi connectivity index (χ4n) is 3.38. The molecule has 2 heterocycles. The summed E-state index contributed by atoms with van der Waals surface area (Å²) < 4.78 is 40.7. The SMILES string of the molecule is CCNC(=NCc1nnc(C)n1C)N1CCN(Cc2cccc(C(F)(F)F)c2)CC1. The fraction of sp³-hybridized carbons (Fsp3) is 0.550. The number of piperazine rings is 1. The van der Waals surface area contributed by atoms with Crippen LogP contribution in [0.1, 0.15) is 29.7 Å². The fourth-order valence-corrected chi connectivity index (χ4v) is 3.38. The van der Waals surface area contributed by atoms with Gasteiger partial charge in [0.25, 0.3) is 0 Å². The molecule has 0 atom stereocenters. The van der Waals surface area contributed by atoms with E-state index in [0.717, 1.165) is 56.4 Å². The van der Waals surface area contributed by atoms with Crippen molar-refractivity contribution in [2.75, 3.05) is 32.7 Å². The summed E-state index contributed by atoms with van der Waals surface area (Å²) in [5.74, 6) is 2.45. The molecule has 0 aliphatic carbocycles. The number of aryl methyl sites for hydroxylation is 1. The van der Waals surface area contributed by atoms with Gasteiger partial charge in [0.05, 0.1) is 5.56 Å². The highest BCUT2D eigenvalue weighted by atomic mass is 19.4. The predicted octanol–water partition coefficient (Wildman–Crippen LogP) is 2.43. The first-order chi connectivity index (χ1) is 14.3. The number of guanidine groups is 1. The number of halogens is 3. The van der Waals surface area contributed by atoms with E-state index in [1.807, 2.05) is 25.5 Å². The Hall–Kier alpha value is -2.62. The highest BCUT2D eigenvalue weighted by Gasteiger charge is 2.30. The van der Waals surface area contributed by atoms with Crippen LogP contribution in [0.3, 0.4) is 0 Å². The van der Waals surface area contributed by atoms with Gasteiger partial charge in [-0.25, -0.2) is 4.99 Å². The molecule has 2 aromatic rings. The van der Waals surface area contributed by atoms with Crippen molar-refractivity contribution in [3.05, 3.63) is 47.0 Å². The number of aromatic nitrogens is 3. The summed E-state index contributed by atoms with van der Waals surface area (Å²) in [6, 6.07) is 5.56. The summed E-state index contributed by atoms with van der Waals surface area (Å²) in [6.07, 6.45) is -4.31. The third-order valence-corrected chi connectivity index (χ3v) is 5.22. The third kappa shape index (κ3) is 5.50. The molecule has 3 rings (SSSR count). The molecule has 0 spiro atoms. The maximum absolute atomic E-state index is 12.9. The van der Waals surface area contributed by atoms with Gasteiger partial charge in [0.1, 0.15) is 12.4 Å². The van der Waals surface area contributed by atoms with E-state index in [1.54, 1.807) is 6.07 Å². The van der Waals surface area contributed by atoms with Crippen LogP contribution in [0.5, 0.6) is 0 Å². The Kier molecular flexibility index (Phi) is 6.96. The molecule has 1 saturated heterocycles. The summed E-state index contributed by atoms with van der Waals surface area (Å²) in [7, 11) is 1.92. The summed E-state index contributed by atoms with van der Waals surface area (Å²) in [5.41, 5.74) is 0.0794. The molecule has 1 aliphatic heterocycles. The predicted molar refractivity (Wildman–Crippen MR) is 109 cm³/mol. The Balaban J connectivity index is 1.59. The summed E-state index contributed by atoms with van der Waals surface area (Å²) >= 11 is 0. The highest BCUT2D eigenvalue weighted by Crippen LogP contribution is 2.29. The van der Waals surface area contributed by atoms with E-state index in [2.05, 4.69) is 25.3 Å². The normalized spacial score (nSPS) is 16.2. The molecule has 1 aromatic carbocycles. The van der Waals surface area contributed by atoms with Crippen molar-refractivity contribution in [2.24, 2.45) is 12.0 Å². The average Bonchev–Trinajstić information content (AvgIpc) is 3.03. The molecule has 1 aromatic heterocycles. The van der Waals surface area contributed by atoms with Gasteiger partial charge < -0.3 is 14.8 Å². The van der Waals surface area contributed by atoms with Gasteiger partial charge in [0, 0.05) is 46.3 Å². The van der Waals surface area contributed by atoms with Gasteiger partial charge in [-0.05, 0) is 25.5 Å². The first-order valence-electron chi connectivity index (χ1n) is 10.0. The summed E-state index contributed by atoms with van der Waals surface area (Å²) in [5, 5.41) is 11.5. The van der Waals surface area contributed by atoms with Gasteiger partial charge in [-0.15, -0.1) is 10.2 Å². The minimum absolute atomic E-state index is 0.435. The largest absolute Gasteiger partial charge is 0.416 e. The smallest absolute Gasteiger partial charge is 0.357 e. The van der Waals surface area contributed by atoms with Crippen LogP contribution in [-0.4, -0.2) is 63.2 Å². The van der Waals surface area contributed by atoms with Crippen molar-refractivity contribution < 1.29 is 13.2 Å². The molecule has 0 radical (unpaired) electrons. The van der Waals surface area contributed by atoms with E-state index < -0.39 is 11.7 Å². The molecule has 30 heavy (non-hydrogen) atoms. The lowest BCUT2D eigenvalue weighted by Gasteiger charge is -2.36. The van der Waals surface area contributed by atoms with Crippen LogP contribution < -0.4 is 5.32 Å². The summed E-state index contributed by atoms with van der Waals surface area (Å²) in [6.45, 7) is 8.62. The lowest BCUT2D eigenvalue weighted by molar-refractivity contribution is -0.137. The Morgan fingerprint density at radius 1 is 1.17 bits per heavy atom. The van der Waals surface area contributed by atoms with Crippen LogP contribution in [0, 0.1) is 6.92 Å². The second-order valence-corrected chi connectivity index (χ2v) is 7.35. The minimum atomic E-state index is -4.31. The number of rotatable bonds is 5. The number of hydrogen-bond acceptors (Lipinski definition) is 4. The van der Waals surface area contributed by atoms with E-state index in [-0.39, 0.29) is 0 Å². The molecule has 7 nitrogen and oxygen atoms in total. The van der Waals surface area contributed by atoms with Gasteiger partial charge in [0.15, 0.2) is 11.8 Å². The number of benzene rings is 1. The second-order valence-electron chi connectivity index (χ2n) is 7.35. The zero-order valence-corrected chi connectivity index (χ0v) is 17.6. The van der Waals surface area contributed by atoms with E-state index in [4.69, 9.17) is 4.99 Å². The van der Waals surface area contributed by atoms with Crippen LogP contribution in [0.25, 0.3) is 0 Å². The second kappa shape index (κ2) is 9.46. The number of nitrogens with one attached hydrogen (secondary N) is 1. The van der Waals surface area contributed by atoms with Crippen molar-refractivity contribution in [1.82, 2.24) is 29.9 Å². The lowest BCUT2D eigenvalue weighted by Crippen LogP contribution is -2.52. The molecule has 10 heteroatoms. The minimum Gasteiger partial charge on any atom is -0.357 e. The number of hydrogen-bond donors (Lipinski definition) is 1. The molecule has 0 saturated carbocycles. The van der Waals surface area contributed by atoms with Crippen molar-refractivity contribution in [3.63, 3.8) is 0 Å². The Labute approximate surface area is 174 Å². The van der Waals surface area contributed by atoms with Crippen LogP contribution in [0.4, 0.5) is 13.2 Å².